The number of ether oxygens (including phenoxy) is 2. The van der Waals surface area contributed by atoms with Crippen molar-refractivity contribution in [1.29, 1.82) is 0 Å². The van der Waals surface area contributed by atoms with Crippen molar-refractivity contribution in [2.75, 3.05) is 19.5 Å². The molecule has 0 spiro atoms. The molecule has 2 aromatic heterocycles. The van der Waals surface area contributed by atoms with Crippen molar-refractivity contribution in [3.05, 3.63) is 60.4 Å². The first-order chi connectivity index (χ1) is 13.2. The number of nitrogens with zero attached hydrogens (tertiary/aromatic N) is 2. The van der Waals surface area contributed by atoms with Crippen LogP contribution in [0.2, 0.25) is 0 Å². The Bertz CT molecular complexity index is 1090. The molecule has 2 heterocycles. The molecule has 136 valence electrons. The van der Waals surface area contributed by atoms with Crippen molar-refractivity contribution in [1.82, 2.24) is 9.97 Å². The van der Waals surface area contributed by atoms with Crippen LogP contribution in [0.15, 0.2) is 54.6 Å². The van der Waals surface area contributed by atoms with Crippen molar-refractivity contribution in [3.63, 3.8) is 0 Å². The Hall–Kier alpha value is -3.12. The average molecular weight is 377 g/mol. The summed E-state index contributed by atoms with van der Waals surface area (Å²) in [4.78, 5) is 11.3. The number of hydrogen-bond donors (Lipinski definition) is 1. The fourth-order valence-corrected chi connectivity index (χ4v) is 3.98. The van der Waals surface area contributed by atoms with E-state index in [0.29, 0.717) is 5.75 Å². The van der Waals surface area contributed by atoms with E-state index < -0.39 is 0 Å². The predicted octanol–water partition coefficient (Wildman–Crippen LogP) is 5.43. The van der Waals surface area contributed by atoms with E-state index in [1.807, 2.05) is 43.3 Å². The van der Waals surface area contributed by atoms with Crippen LogP contribution in [0.3, 0.4) is 0 Å². The molecule has 6 heteroatoms. The summed E-state index contributed by atoms with van der Waals surface area (Å²) in [7, 11) is 3.27. The van der Waals surface area contributed by atoms with Gasteiger partial charge in [0, 0.05) is 10.9 Å². The predicted molar refractivity (Wildman–Crippen MR) is 110 cm³/mol. The highest BCUT2D eigenvalue weighted by atomic mass is 32.1. The van der Waals surface area contributed by atoms with Crippen LogP contribution in [0, 0.1) is 6.92 Å². The molecular weight excluding hydrogens is 358 g/mol. The maximum absolute atomic E-state index is 5.49. The van der Waals surface area contributed by atoms with E-state index in [1.165, 1.54) is 5.56 Å². The molecule has 0 aliphatic carbocycles. The van der Waals surface area contributed by atoms with Crippen LogP contribution < -0.4 is 14.8 Å². The lowest BCUT2D eigenvalue weighted by molar-refractivity contribution is 0.395. The Morgan fingerprint density at radius 1 is 0.926 bits per heavy atom. The third-order valence-corrected chi connectivity index (χ3v) is 5.30. The van der Waals surface area contributed by atoms with E-state index in [4.69, 9.17) is 9.47 Å². The van der Waals surface area contributed by atoms with Crippen molar-refractivity contribution in [2.45, 2.75) is 6.92 Å². The molecule has 0 aliphatic rings. The summed E-state index contributed by atoms with van der Waals surface area (Å²) in [5, 5.41) is 4.39. The number of rotatable bonds is 5. The normalized spacial score (nSPS) is 10.8. The molecule has 5 nitrogen and oxygen atoms in total. The first kappa shape index (κ1) is 17.3. The highest BCUT2D eigenvalue weighted by Crippen LogP contribution is 2.38. The van der Waals surface area contributed by atoms with Gasteiger partial charge in [0.05, 0.1) is 25.3 Å². The maximum atomic E-state index is 5.49. The van der Waals surface area contributed by atoms with Crippen LogP contribution in [-0.2, 0) is 0 Å². The highest BCUT2D eigenvalue weighted by molar-refractivity contribution is 7.21. The Balaban J connectivity index is 1.79. The van der Waals surface area contributed by atoms with Gasteiger partial charge in [0.1, 0.15) is 28.0 Å². The average Bonchev–Trinajstić information content (AvgIpc) is 3.13. The van der Waals surface area contributed by atoms with Gasteiger partial charge >= 0.3 is 0 Å². The molecule has 1 N–H and O–H groups in total. The second-order valence-electron chi connectivity index (χ2n) is 6.01. The van der Waals surface area contributed by atoms with Crippen LogP contribution in [0.1, 0.15) is 5.82 Å². The summed E-state index contributed by atoms with van der Waals surface area (Å²) in [6.45, 7) is 1.90. The molecule has 27 heavy (non-hydrogen) atoms. The smallest absolute Gasteiger partial charge is 0.146 e. The minimum atomic E-state index is 0.692. The van der Waals surface area contributed by atoms with E-state index in [1.54, 1.807) is 25.6 Å². The monoisotopic (exact) mass is 377 g/mol. The zero-order valence-corrected chi connectivity index (χ0v) is 16.1. The Labute approximate surface area is 161 Å². The molecule has 4 aromatic rings. The van der Waals surface area contributed by atoms with Crippen LogP contribution in [0.5, 0.6) is 11.5 Å². The summed E-state index contributed by atoms with van der Waals surface area (Å²) < 4.78 is 10.8. The minimum absolute atomic E-state index is 0.692. The van der Waals surface area contributed by atoms with Crippen molar-refractivity contribution < 1.29 is 9.47 Å². The first-order valence-electron chi connectivity index (χ1n) is 8.50. The van der Waals surface area contributed by atoms with E-state index in [0.717, 1.165) is 38.2 Å². The largest absolute Gasteiger partial charge is 0.497 e. The van der Waals surface area contributed by atoms with Crippen LogP contribution >= 0.6 is 11.3 Å². The number of thiophene rings is 1. The van der Waals surface area contributed by atoms with E-state index in [-0.39, 0.29) is 0 Å². The fourth-order valence-electron chi connectivity index (χ4n) is 2.90. The Morgan fingerprint density at radius 2 is 1.74 bits per heavy atom. The number of benzene rings is 2. The zero-order chi connectivity index (χ0) is 18.8. The maximum Gasteiger partial charge on any atom is 0.146 e. The third kappa shape index (κ3) is 3.44. The molecule has 0 saturated carbocycles. The number of aryl methyl sites for hydroxylation is 1. The molecule has 0 radical (unpaired) electrons. The quantitative estimate of drug-likeness (QED) is 0.503. The van der Waals surface area contributed by atoms with Crippen molar-refractivity contribution in [3.8, 4) is 21.9 Å². The molecule has 0 fully saturated rings. The molecule has 0 atom stereocenters. The second-order valence-corrected chi connectivity index (χ2v) is 7.04. The van der Waals surface area contributed by atoms with Gasteiger partial charge in [-0.15, -0.1) is 11.3 Å². The Morgan fingerprint density at radius 3 is 2.48 bits per heavy atom. The van der Waals surface area contributed by atoms with Gasteiger partial charge in [-0.25, -0.2) is 9.97 Å². The summed E-state index contributed by atoms with van der Waals surface area (Å²) >= 11 is 1.66. The van der Waals surface area contributed by atoms with Crippen LogP contribution in [0.25, 0.3) is 20.7 Å². The summed E-state index contributed by atoms with van der Waals surface area (Å²) in [5.41, 5.74) is 2.00. The van der Waals surface area contributed by atoms with Crippen LogP contribution in [-0.4, -0.2) is 24.2 Å². The number of methoxy groups -OCH3 is 2. The van der Waals surface area contributed by atoms with Gasteiger partial charge in [0.15, 0.2) is 0 Å². The Kier molecular flexibility index (Phi) is 4.64. The minimum Gasteiger partial charge on any atom is -0.497 e. The number of anilines is 2. The van der Waals surface area contributed by atoms with Gasteiger partial charge in [-0.3, -0.25) is 0 Å². The number of aromatic nitrogens is 2. The number of fused-ring (bicyclic) bond motifs is 1. The van der Waals surface area contributed by atoms with Crippen molar-refractivity contribution >= 4 is 33.1 Å². The lowest BCUT2D eigenvalue weighted by Crippen LogP contribution is -2.00. The second kappa shape index (κ2) is 7.25. The van der Waals surface area contributed by atoms with Crippen LogP contribution in [0.4, 0.5) is 11.5 Å². The first-order valence-corrected chi connectivity index (χ1v) is 9.32. The number of hydrogen-bond acceptors (Lipinski definition) is 6. The van der Waals surface area contributed by atoms with Gasteiger partial charge in [0.2, 0.25) is 0 Å². The molecule has 0 amide bonds. The topological polar surface area (TPSA) is 56.3 Å². The molecule has 0 unspecified atom stereocenters. The summed E-state index contributed by atoms with van der Waals surface area (Å²) in [6, 6.07) is 18.1. The molecular formula is C21H19N3O2S. The lowest BCUT2D eigenvalue weighted by Gasteiger charge is -2.12. The van der Waals surface area contributed by atoms with Gasteiger partial charge in [-0.2, -0.15) is 0 Å². The van der Waals surface area contributed by atoms with E-state index in [2.05, 4.69) is 33.5 Å². The SMILES string of the molecule is COc1ccc(Nc2nc(C)nc3sc(-c4ccccc4)cc23)c(OC)c1. The van der Waals surface area contributed by atoms with Gasteiger partial charge in [-0.05, 0) is 30.7 Å². The molecule has 0 saturated heterocycles. The van der Waals surface area contributed by atoms with Gasteiger partial charge in [0.25, 0.3) is 0 Å². The van der Waals surface area contributed by atoms with E-state index in [9.17, 15) is 0 Å². The van der Waals surface area contributed by atoms with Gasteiger partial charge < -0.3 is 14.8 Å². The molecule has 4 rings (SSSR count). The van der Waals surface area contributed by atoms with E-state index >= 15 is 0 Å². The third-order valence-electron chi connectivity index (χ3n) is 4.22. The molecule has 0 aliphatic heterocycles. The fraction of sp³-hybridized carbons (Fsp3) is 0.143. The molecule has 2 aromatic carbocycles. The summed E-state index contributed by atoms with van der Waals surface area (Å²) in [6.07, 6.45) is 0. The van der Waals surface area contributed by atoms with Crippen molar-refractivity contribution in [2.24, 2.45) is 0 Å². The molecule has 0 bridgehead atoms. The zero-order valence-electron chi connectivity index (χ0n) is 15.3. The lowest BCUT2D eigenvalue weighted by atomic mass is 10.2. The summed E-state index contributed by atoms with van der Waals surface area (Å²) in [5.74, 6) is 2.92. The standard InChI is InChI=1S/C21H19N3O2S/c1-13-22-20(24-17-10-9-15(25-2)11-18(17)26-3)16-12-19(27-21(16)23-13)14-7-5-4-6-8-14/h4-12H,1-3H3,(H,22,23,24). The highest BCUT2D eigenvalue weighted by Gasteiger charge is 2.14. The number of nitrogens with one attached hydrogen (secondary N) is 1. The van der Waals surface area contributed by atoms with Gasteiger partial charge in [-0.1, -0.05) is 30.3 Å².